The van der Waals surface area contributed by atoms with Gasteiger partial charge in [0, 0.05) is 6.04 Å². The van der Waals surface area contributed by atoms with Crippen LogP contribution in [0.2, 0.25) is 15.1 Å². The van der Waals surface area contributed by atoms with E-state index in [4.69, 9.17) is 34.8 Å². The third-order valence-corrected chi connectivity index (χ3v) is 4.08. The molecule has 0 fully saturated rings. The van der Waals surface area contributed by atoms with Gasteiger partial charge in [-0.15, -0.1) is 0 Å². The SMILES string of the molecule is Cc1cccc(Cl)c1NC(C)c1ccc(Cl)c(Cl)c1. The van der Waals surface area contributed by atoms with Gasteiger partial charge in [-0.1, -0.05) is 53.0 Å². The maximum Gasteiger partial charge on any atom is 0.0640 e. The van der Waals surface area contributed by atoms with Gasteiger partial charge in [-0.05, 0) is 43.2 Å². The maximum atomic E-state index is 6.21. The molecule has 0 saturated carbocycles. The molecule has 0 aliphatic carbocycles. The van der Waals surface area contributed by atoms with Crippen LogP contribution in [0, 0.1) is 6.92 Å². The molecule has 0 radical (unpaired) electrons. The van der Waals surface area contributed by atoms with Crippen molar-refractivity contribution in [2.24, 2.45) is 0 Å². The zero-order chi connectivity index (χ0) is 14.0. The van der Waals surface area contributed by atoms with Crippen LogP contribution in [0.5, 0.6) is 0 Å². The highest BCUT2D eigenvalue weighted by Crippen LogP contribution is 2.31. The minimum Gasteiger partial charge on any atom is -0.377 e. The molecule has 0 spiro atoms. The molecule has 1 nitrogen and oxygen atoms in total. The third-order valence-electron chi connectivity index (χ3n) is 3.03. The second-order valence-electron chi connectivity index (χ2n) is 4.47. The molecule has 4 heteroatoms. The molecule has 0 aromatic heterocycles. The number of anilines is 1. The Morgan fingerprint density at radius 1 is 0.947 bits per heavy atom. The molecule has 0 bridgehead atoms. The predicted molar refractivity (Wildman–Crippen MR) is 84.7 cm³/mol. The van der Waals surface area contributed by atoms with Crippen LogP contribution in [0.4, 0.5) is 5.69 Å². The lowest BCUT2D eigenvalue weighted by Gasteiger charge is -2.19. The van der Waals surface area contributed by atoms with Gasteiger partial charge in [0.1, 0.15) is 0 Å². The molecule has 0 saturated heterocycles. The fourth-order valence-electron chi connectivity index (χ4n) is 1.90. The summed E-state index contributed by atoms with van der Waals surface area (Å²) in [5.41, 5.74) is 3.12. The van der Waals surface area contributed by atoms with Crippen molar-refractivity contribution < 1.29 is 0 Å². The van der Waals surface area contributed by atoms with Crippen LogP contribution in [-0.4, -0.2) is 0 Å². The van der Waals surface area contributed by atoms with E-state index in [0.717, 1.165) is 16.8 Å². The summed E-state index contributed by atoms with van der Waals surface area (Å²) in [5, 5.41) is 5.24. The summed E-state index contributed by atoms with van der Waals surface area (Å²) in [5.74, 6) is 0. The first-order chi connectivity index (χ1) is 8.99. The average Bonchev–Trinajstić information content (AvgIpc) is 2.37. The fraction of sp³-hybridized carbons (Fsp3) is 0.200. The van der Waals surface area contributed by atoms with Crippen molar-refractivity contribution in [1.82, 2.24) is 0 Å². The van der Waals surface area contributed by atoms with Gasteiger partial charge in [-0.3, -0.25) is 0 Å². The zero-order valence-electron chi connectivity index (χ0n) is 10.7. The second kappa shape index (κ2) is 6.04. The Hall–Kier alpha value is -0.890. The Labute approximate surface area is 128 Å². The van der Waals surface area contributed by atoms with E-state index in [1.807, 2.05) is 37.3 Å². The molecule has 0 aliphatic rings. The molecule has 0 aliphatic heterocycles. The number of nitrogens with one attached hydrogen (secondary N) is 1. The van der Waals surface area contributed by atoms with Crippen LogP contribution in [0.25, 0.3) is 0 Å². The molecule has 2 rings (SSSR count). The minimum atomic E-state index is 0.0911. The van der Waals surface area contributed by atoms with E-state index in [0.29, 0.717) is 15.1 Å². The van der Waals surface area contributed by atoms with E-state index in [2.05, 4.69) is 12.2 Å². The van der Waals surface area contributed by atoms with Crippen molar-refractivity contribution in [3.63, 3.8) is 0 Å². The molecular weight excluding hydrogens is 301 g/mol. The van der Waals surface area contributed by atoms with Crippen molar-refractivity contribution in [2.45, 2.75) is 19.9 Å². The summed E-state index contributed by atoms with van der Waals surface area (Å²) < 4.78 is 0. The average molecular weight is 315 g/mol. The van der Waals surface area contributed by atoms with E-state index >= 15 is 0 Å². The third kappa shape index (κ3) is 3.36. The predicted octanol–water partition coefficient (Wildman–Crippen LogP) is 6.13. The quantitative estimate of drug-likeness (QED) is 0.718. The summed E-state index contributed by atoms with van der Waals surface area (Å²) >= 11 is 18.2. The standard InChI is InChI=1S/C15H14Cl3N/c1-9-4-3-5-13(17)15(9)19-10(2)11-6-7-12(16)14(18)8-11/h3-8,10,19H,1-2H3. The zero-order valence-corrected chi connectivity index (χ0v) is 12.9. The highest BCUT2D eigenvalue weighted by molar-refractivity contribution is 6.42. The Bertz CT molecular complexity index is 576. The van der Waals surface area contributed by atoms with Crippen LogP contribution < -0.4 is 5.32 Å². The molecule has 1 unspecified atom stereocenters. The molecule has 2 aromatic rings. The van der Waals surface area contributed by atoms with Gasteiger partial charge in [0.25, 0.3) is 0 Å². The number of rotatable bonds is 3. The first kappa shape index (κ1) is 14.5. The topological polar surface area (TPSA) is 12.0 Å². The molecule has 100 valence electrons. The molecule has 1 atom stereocenters. The van der Waals surface area contributed by atoms with E-state index in [1.54, 1.807) is 6.07 Å². The Morgan fingerprint density at radius 2 is 1.68 bits per heavy atom. The lowest BCUT2D eigenvalue weighted by Crippen LogP contribution is -2.08. The molecule has 0 heterocycles. The summed E-state index contributed by atoms with van der Waals surface area (Å²) in [6.07, 6.45) is 0. The minimum absolute atomic E-state index is 0.0911. The van der Waals surface area contributed by atoms with Crippen LogP contribution in [-0.2, 0) is 0 Å². The highest BCUT2D eigenvalue weighted by Gasteiger charge is 2.11. The van der Waals surface area contributed by atoms with Crippen LogP contribution in [0.15, 0.2) is 36.4 Å². The number of aryl methyl sites for hydroxylation is 1. The van der Waals surface area contributed by atoms with Gasteiger partial charge < -0.3 is 5.32 Å². The normalized spacial score (nSPS) is 12.3. The van der Waals surface area contributed by atoms with Gasteiger partial charge in [0.15, 0.2) is 0 Å². The molecular formula is C15H14Cl3N. The van der Waals surface area contributed by atoms with E-state index in [-0.39, 0.29) is 6.04 Å². The molecule has 19 heavy (non-hydrogen) atoms. The lowest BCUT2D eigenvalue weighted by atomic mass is 10.1. The summed E-state index contributed by atoms with van der Waals surface area (Å²) in [4.78, 5) is 0. The Balaban J connectivity index is 2.25. The smallest absolute Gasteiger partial charge is 0.0640 e. The Kier molecular flexibility index (Phi) is 4.62. The first-order valence-electron chi connectivity index (χ1n) is 5.95. The number of hydrogen-bond donors (Lipinski definition) is 1. The summed E-state index contributed by atoms with van der Waals surface area (Å²) in [6.45, 7) is 4.08. The van der Waals surface area contributed by atoms with Crippen molar-refractivity contribution in [2.75, 3.05) is 5.32 Å². The van der Waals surface area contributed by atoms with Gasteiger partial charge in [-0.25, -0.2) is 0 Å². The van der Waals surface area contributed by atoms with Crippen molar-refractivity contribution in [3.05, 3.63) is 62.6 Å². The van der Waals surface area contributed by atoms with Crippen molar-refractivity contribution in [1.29, 1.82) is 0 Å². The summed E-state index contributed by atoms with van der Waals surface area (Å²) in [6, 6.07) is 11.6. The van der Waals surface area contributed by atoms with Gasteiger partial charge in [-0.2, -0.15) is 0 Å². The summed E-state index contributed by atoms with van der Waals surface area (Å²) in [7, 11) is 0. The number of para-hydroxylation sites is 1. The van der Waals surface area contributed by atoms with Gasteiger partial charge in [0.2, 0.25) is 0 Å². The maximum absolute atomic E-state index is 6.21. The number of hydrogen-bond acceptors (Lipinski definition) is 1. The molecule has 0 amide bonds. The van der Waals surface area contributed by atoms with Crippen LogP contribution >= 0.6 is 34.8 Å². The first-order valence-corrected chi connectivity index (χ1v) is 7.09. The van der Waals surface area contributed by atoms with E-state index in [9.17, 15) is 0 Å². The van der Waals surface area contributed by atoms with Crippen molar-refractivity contribution in [3.8, 4) is 0 Å². The second-order valence-corrected chi connectivity index (χ2v) is 5.69. The van der Waals surface area contributed by atoms with Crippen LogP contribution in [0.3, 0.4) is 0 Å². The monoisotopic (exact) mass is 313 g/mol. The van der Waals surface area contributed by atoms with E-state index < -0.39 is 0 Å². The number of benzene rings is 2. The van der Waals surface area contributed by atoms with Gasteiger partial charge >= 0.3 is 0 Å². The Morgan fingerprint density at radius 3 is 2.32 bits per heavy atom. The fourth-order valence-corrected chi connectivity index (χ4v) is 2.48. The van der Waals surface area contributed by atoms with Gasteiger partial charge in [0.05, 0.1) is 20.8 Å². The van der Waals surface area contributed by atoms with Crippen molar-refractivity contribution >= 4 is 40.5 Å². The largest absolute Gasteiger partial charge is 0.377 e. The lowest BCUT2D eigenvalue weighted by molar-refractivity contribution is 0.883. The molecule has 2 aromatic carbocycles. The van der Waals surface area contributed by atoms with Crippen LogP contribution in [0.1, 0.15) is 24.1 Å². The highest BCUT2D eigenvalue weighted by atomic mass is 35.5. The van der Waals surface area contributed by atoms with E-state index in [1.165, 1.54) is 0 Å². The number of halogens is 3. The molecule has 1 N–H and O–H groups in total.